The van der Waals surface area contributed by atoms with Crippen molar-refractivity contribution in [3.63, 3.8) is 0 Å². The van der Waals surface area contributed by atoms with Crippen LogP contribution in [0.4, 0.5) is 0 Å². The third-order valence-corrected chi connectivity index (χ3v) is 6.00. The average molecular weight is 266 g/mol. The molecular weight excluding hydrogens is 244 g/mol. The standard InChI is InChI=1S/C15H22O4/c1-8-4-5-11-9(2)12(16)17-13-15(11)10(8)6-7-14(3,18-13)19-15/h8-11,13H,4-7H2,1-3H3/t8-,9-,10?,11?,13-,14+,15-/m1/s1. The maximum Gasteiger partial charge on any atom is 0.311 e. The highest BCUT2D eigenvalue weighted by molar-refractivity contribution is 5.74. The Morgan fingerprint density at radius 2 is 1.95 bits per heavy atom. The van der Waals surface area contributed by atoms with E-state index in [4.69, 9.17) is 14.2 Å². The number of rotatable bonds is 0. The van der Waals surface area contributed by atoms with Crippen LogP contribution in [0.1, 0.15) is 46.5 Å². The van der Waals surface area contributed by atoms with E-state index in [0.29, 0.717) is 11.8 Å². The molecule has 1 saturated carbocycles. The van der Waals surface area contributed by atoms with E-state index in [1.165, 1.54) is 6.42 Å². The smallest absolute Gasteiger partial charge is 0.311 e. The minimum atomic E-state index is -0.555. The Morgan fingerprint density at radius 1 is 1.16 bits per heavy atom. The molecule has 106 valence electrons. The number of esters is 1. The molecule has 19 heavy (non-hydrogen) atoms. The summed E-state index contributed by atoms with van der Waals surface area (Å²) in [6.07, 6.45) is 3.76. The molecular formula is C15H22O4. The number of ether oxygens (including phenoxy) is 3. The van der Waals surface area contributed by atoms with Gasteiger partial charge in [0.05, 0.1) is 5.92 Å². The average Bonchev–Trinajstić information content (AvgIpc) is 2.56. The topological polar surface area (TPSA) is 44.8 Å². The summed E-state index contributed by atoms with van der Waals surface area (Å²) in [5.41, 5.74) is -0.377. The first-order chi connectivity index (χ1) is 8.96. The highest BCUT2D eigenvalue weighted by Crippen LogP contribution is 2.62. The van der Waals surface area contributed by atoms with Crippen molar-refractivity contribution in [3.05, 3.63) is 0 Å². The van der Waals surface area contributed by atoms with Crippen molar-refractivity contribution in [2.75, 3.05) is 0 Å². The van der Waals surface area contributed by atoms with E-state index in [1.54, 1.807) is 0 Å². The van der Waals surface area contributed by atoms with Crippen molar-refractivity contribution in [1.82, 2.24) is 0 Å². The van der Waals surface area contributed by atoms with Gasteiger partial charge in [0.25, 0.3) is 0 Å². The quantitative estimate of drug-likeness (QED) is 0.632. The van der Waals surface area contributed by atoms with Crippen LogP contribution in [0, 0.1) is 23.7 Å². The van der Waals surface area contributed by atoms with Gasteiger partial charge in [-0.1, -0.05) is 13.8 Å². The number of fused-ring (bicyclic) bond motifs is 1. The lowest BCUT2D eigenvalue weighted by Gasteiger charge is -2.56. The van der Waals surface area contributed by atoms with Crippen molar-refractivity contribution in [3.8, 4) is 0 Å². The molecule has 0 N–H and O–H groups in total. The fourth-order valence-corrected chi connectivity index (χ4v) is 5.03. The molecule has 3 saturated heterocycles. The number of carbonyl (C=O) groups is 1. The lowest BCUT2D eigenvalue weighted by Crippen LogP contribution is -2.65. The van der Waals surface area contributed by atoms with Gasteiger partial charge in [-0.05, 0) is 38.0 Å². The second-order valence-electron chi connectivity index (χ2n) is 7.07. The molecule has 4 fully saturated rings. The van der Waals surface area contributed by atoms with E-state index in [2.05, 4.69) is 6.92 Å². The van der Waals surface area contributed by atoms with Gasteiger partial charge in [-0.3, -0.25) is 4.79 Å². The Morgan fingerprint density at radius 3 is 2.74 bits per heavy atom. The van der Waals surface area contributed by atoms with Gasteiger partial charge in [-0.25, -0.2) is 0 Å². The second kappa shape index (κ2) is 3.53. The minimum Gasteiger partial charge on any atom is -0.432 e. The molecule has 0 radical (unpaired) electrons. The summed E-state index contributed by atoms with van der Waals surface area (Å²) in [5.74, 6) is 0.586. The first-order valence-corrected chi connectivity index (χ1v) is 7.55. The van der Waals surface area contributed by atoms with Gasteiger partial charge in [0.2, 0.25) is 6.29 Å². The van der Waals surface area contributed by atoms with Crippen molar-refractivity contribution >= 4 is 5.97 Å². The van der Waals surface area contributed by atoms with Crippen LogP contribution in [0.25, 0.3) is 0 Å². The number of hydrogen-bond donors (Lipinski definition) is 0. The van der Waals surface area contributed by atoms with E-state index in [9.17, 15) is 4.79 Å². The fraction of sp³-hybridized carbons (Fsp3) is 0.933. The lowest BCUT2D eigenvalue weighted by atomic mass is 9.57. The van der Waals surface area contributed by atoms with Crippen LogP contribution in [0.15, 0.2) is 0 Å². The van der Waals surface area contributed by atoms with Crippen LogP contribution < -0.4 is 0 Å². The third-order valence-electron chi connectivity index (χ3n) is 6.00. The monoisotopic (exact) mass is 266 g/mol. The minimum absolute atomic E-state index is 0.0738. The van der Waals surface area contributed by atoms with E-state index >= 15 is 0 Å². The molecule has 4 heteroatoms. The molecule has 7 atom stereocenters. The zero-order chi connectivity index (χ0) is 13.4. The SMILES string of the molecule is C[C@@H]1CCC2[C@@H](C)C(=O)O[C@@H]3O[C@]4(C)CCC1[C@@]23O4. The van der Waals surface area contributed by atoms with Crippen LogP contribution >= 0.6 is 0 Å². The van der Waals surface area contributed by atoms with Crippen LogP contribution in [-0.4, -0.2) is 23.6 Å². The van der Waals surface area contributed by atoms with E-state index in [0.717, 1.165) is 19.3 Å². The maximum atomic E-state index is 12.1. The molecule has 3 heterocycles. The van der Waals surface area contributed by atoms with Crippen LogP contribution in [-0.2, 0) is 19.0 Å². The predicted molar refractivity (Wildman–Crippen MR) is 67.0 cm³/mol. The normalized spacial score (nSPS) is 59.5. The van der Waals surface area contributed by atoms with Gasteiger partial charge in [0.15, 0.2) is 5.79 Å². The second-order valence-corrected chi connectivity index (χ2v) is 7.07. The van der Waals surface area contributed by atoms with Gasteiger partial charge in [0.1, 0.15) is 5.60 Å². The van der Waals surface area contributed by atoms with Crippen molar-refractivity contribution in [2.24, 2.45) is 23.7 Å². The molecule has 0 amide bonds. The number of hydrogen-bond acceptors (Lipinski definition) is 4. The van der Waals surface area contributed by atoms with Gasteiger partial charge in [0, 0.05) is 12.3 Å². The van der Waals surface area contributed by atoms with Crippen molar-refractivity contribution < 1.29 is 19.0 Å². The number of carbonyl (C=O) groups excluding carboxylic acids is 1. The third kappa shape index (κ3) is 1.34. The van der Waals surface area contributed by atoms with Gasteiger partial charge in [-0.2, -0.15) is 0 Å². The molecule has 0 aromatic carbocycles. The lowest BCUT2D eigenvalue weighted by molar-refractivity contribution is -0.263. The first-order valence-electron chi connectivity index (χ1n) is 7.55. The molecule has 1 spiro atoms. The van der Waals surface area contributed by atoms with Crippen molar-refractivity contribution in [2.45, 2.75) is 64.1 Å². The highest BCUT2D eigenvalue weighted by atomic mass is 16.8. The highest BCUT2D eigenvalue weighted by Gasteiger charge is 2.72. The Bertz CT molecular complexity index is 436. The molecule has 3 aliphatic heterocycles. The molecule has 2 unspecified atom stereocenters. The Labute approximate surface area is 113 Å². The Balaban J connectivity index is 1.84. The van der Waals surface area contributed by atoms with Crippen LogP contribution in [0.2, 0.25) is 0 Å². The molecule has 4 rings (SSSR count). The summed E-state index contributed by atoms with van der Waals surface area (Å²) < 4.78 is 18.0. The summed E-state index contributed by atoms with van der Waals surface area (Å²) >= 11 is 0. The zero-order valence-electron chi connectivity index (χ0n) is 11.8. The molecule has 0 aromatic rings. The Kier molecular flexibility index (Phi) is 2.26. The summed E-state index contributed by atoms with van der Waals surface area (Å²) in [6.45, 7) is 6.28. The summed E-state index contributed by atoms with van der Waals surface area (Å²) in [5, 5.41) is 0. The van der Waals surface area contributed by atoms with E-state index in [1.807, 2.05) is 13.8 Å². The van der Waals surface area contributed by atoms with E-state index < -0.39 is 12.1 Å². The largest absolute Gasteiger partial charge is 0.432 e. The predicted octanol–water partition coefficient (Wildman–Crippen LogP) is 2.46. The molecule has 0 aromatic heterocycles. The first kappa shape index (κ1) is 12.2. The van der Waals surface area contributed by atoms with Gasteiger partial charge in [-0.15, -0.1) is 0 Å². The van der Waals surface area contributed by atoms with Crippen LogP contribution in [0.5, 0.6) is 0 Å². The van der Waals surface area contributed by atoms with Gasteiger partial charge >= 0.3 is 5.97 Å². The van der Waals surface area contributed by atoms with E-state index in [-0.39, 0.29) is 23.4 Å². The summed E-state index contributed by atoms with van der Waals surface area (Å²) in [6, 6.07) is 0. The summed E-state index contributed by atoms with van der Waals surface area (Å²) in [4.78, 5) is 12.1. The molecule has 1 aliphatic carbocycles. The fourth-order valence-electron chi connectivity index (χ4n) is 5.03. The maximum absolute atomic E-state index is 12.1. The van der Waals surface area contributed by atoms with Gasteiger partial charge < -0.3 is 14.2 Å². The Hall–Kier alpha value is -0.610. The molecule has 2 bridgehead atoms. The summed E-state index contributed by atoms with van der Waals surface area (Å²) in [7, 11) is 0. The van der Waals surface area contributed by atoms with Crippen LogP contribution in [0.3, 0.4) is 0 Å². The van der Waals surface area contributed by atoms with Crippen molar-refractivity contribution in [1.29, 1.82) is 0 Å². The zero-order valence-corrected chi connectivity index (χ0v) is 11.8. The molecule has 4 nitrogen and oxygen atoms in total. The molecule has 4 aliphatic rings.